The summed E-state index contributed by atoms with van der Waals surface area (Å²) in [6.07, 6.45) is 1.60. The van der Waals surface area contributed by atoms with E-state index in [1.54, 1.807) is 25.4 Å². The summed E-state index contributed by atoms with van der Waals surface area (Å²) in [7, 11) is 1.55. The van der Waals surface area contributed by atoms with Gasteiger partial charge in [0.15, 0.2) is 0 Å². The number of aliphatic hydroxyl groups is 1. The first kappa shape index (κ1) is 8.96. The van der Waals surface area contributed by atoms with Gasteiger partial charge in [0, 0.05) is 12.3 Å². The summed E-state index contributed by atoms with van der Waals surface area (Å²) >= 11 is 0. The first-order valence-corrected chi connectivity index (χ1v) is 3.64. The van der Waals surface area contributed by atoms with Crippen molar-refractivity contribution in [2.24, 2.45) is 5.73 Å². The second-order valence-electron chi connectivity index (χ2n) is 2.42. The van der Waals surface area contributed by atoms with E-state index in [9.17, 15) is 0 Å². The van der Waals surface area contributed by atoms with Crippen LogP contribution >= 0.6 is 0 Å². The Hall–Kier alpha value is -1.13. The molecular formula is C8H12N2O2. The average molecular weight is 168 g/mol. The molecule has 0 aliphatic carbocycles. The van der Waals surface area contributed by atoms with Crippen molar-refractivity contribution in [2.45, 2.75) is 6.04 Å². The number of nitrogens with two attached hydrogens (primary N) is 1. The van der Waals surface area contributed by atoms with Gasteiger partial charge in [-0.2, -0.15) is 0 Å². The number of hydrogen-bond acceptors (Lipinski definition) is 4. The molecule has 4 nitrogen and oxygen atoms in total. The molecule has 0 fully saturated rings. The Balaban J connectivity index is 2.77. The van der Waals surface area contributed by atoms with Crippen LogP contribution in [0.25, 0.3) is 0 Å². The van der Waals surface area contributed by atoms with E-state index in [1.165, 1.54) is 0 Å². The molecule has 1 atom stereocenters. The molecule has 1 rings (SSSR count). The Kier molecular flexibility index (Phi) is 3.01. The van der Waals surface area contributed by atoms with Crippen molar-refractivity contribution >= 4 is 0 Å². The molecule has 0 bridgehead atoms. The number of rotatable bonds is 3. The lowest BCUT2D eigenvalue weighted by Crippen LogP contribution is -2.14. The summed E-state index contributed by atoms with van der Waals surface area (Å²) in [5, 5.41) is 8.73. The Bertz CT molecular complexity index is 235. The largest absolute Gasteiger partial charge is 0.481 e. The molecule has 12 heavy (non-hydrogen) atoms. The van der Waals surface area contributed by atoms with Crippen molar-refractivity contribution in [3.8, 4) is 5.88 Å². The fourth-order valence-electron chi connectivity index (χ4n) is 0.837. The van der Waals surface area contributed by atoms with E-state index in [4.69, 9.17) is 15.6 Å². The number of hydrogen-bond donors (Lipinski definition) is 2. The number of pyridine rings is 1. The minimum Gasteiger partial charge on any atom is -0.481 e. The summed E-state index contributed by atoms with van der Waals surface area (Å²) in [6, 6.07) is 3.14. The topological polar surface area (TPSA) is 68.4 Å². The minimum atomic E-state index is -0.358. The zero-order valence-corrected chi connectivity index (χ0v) is 6.90. The lowest BCUT2D eigenvalue weighted by atomic mass is 10.1. The molecule has 0 aliphatic heterocycles. The highest BCUT2D eigenvalue weighted by Gasteiger charge is 2.03. The van der Waals surface area contributed by atoms with Crippen LogP contribution in [0.1, 0.15) is 11.6 Å². The van der Waals surface area contributed by atoms with Gasteiger partial charge in [-0.3, -0.25) is 0 Å². The van der Waals surface area contributed by atoms with E-state index in [0.717, 1.165) is 5.56 Å². The molecule has 0 spiro atoms. The van der Waals surface area contributed by atoms with Crippen LogP contribution in [0.4, 0.5) is 0 Å². The van der Waals surface area contributed by atoms with Gasteiger partial charge in [-0.1, -0.05) is 6.07 Å². The van der Waals surface area contributed by atoms with Crippen LogP contribution in [0.5, 0.6) is 5.88 Å². The fourth-order valence-corrected chi connectivity index (χ4v) is 0.837. The highest BCUT2D eigenvalue weighted by atomic mass is 16.5. The van der Waals surface area contributed by atoms with Crippen LogP contribution in [-0.2, 0) is 0 Å². The predicted molar refractivity (Wildman–Crippen MR) is 44.8 cm³/mol. The molecule has 0 saturated carbocycles. The smallest absolute Gasteiger partial charge is 0.212 e. The third-order valence-electron chi connectivity index (χ3n) is 1.59. The number of aliphatic hydroxyl groups excluding tert-OH is 1. The quantitative estimate of drug-likeness (QED) is 0.670. The third kappa shape index (κ3) is 1.93. The van der Waals surface area contributed by atoms with Crippen LogP contribution in [0, 0.1) is 0 Å². The van der Waals surface area contributed by atoms with Gasteiger partial charge < -0.3 is 15.6 Å². The van der Waals surface area contributed by atoms with Crippen molar-refractivity contribution in [3.63, 3.8) is 0 Å². The van der Waals surface area contributed by atoms with Gasteiger partial charge in [0.25, 0.3) is 0 Å². The van der Waals surface area contributed by atoms with E-state index in [2.05, 4.69) is 4.98 Å². The molecule has 0 aromatic carbocycles. The third-order valence-corrected chi connectivity index (χ3v) is 1.59. The highest BCUT2D eigenvalue weighted by molar-refractivity contribution is 5.20. The Labute approximate surface area is 71.0 Å². The first-order chi connectivity index (χ1) is 5.77. The number of methoxy groups -OCH3 is 1. The zero-order chi connectivity index (χ0) is 8.97. The van der Waals surface area contributed by atoms with Crippen LogP contribution in [0.15, 0.2) is 18.3 Å². The molecule has 0 aliphatic rings. The molecular weight excluding hydrogens is 156 g/mol. The maximum atomic E-state index is 8.73. The van der Waals surface area contributed by atoms with Crippen molar-refractivity contribution in [2.75, 3.05) is 13.7 Å². The van der Waals surface area contributed by atoms with Gasteiger partial charge in [0.1, 0.15) is 0 Å². The molecule has 4 heteroatoms. The lowest BCUT2D eigenvalue weighted by Gasteiger charge is -2.07. The van der Waals surface area contributed by atoms with Gasteiger partial charge in [0.05, 0.1) is 19.8 Å². The molecule has 1 heterocycles. The van der Waals surface area contributed by atoms with Crippen molar-refractivity contribution in [1.82, 2.24) is 4.98 Å². The molecule has 0 amide bonds. The average Bonchev–Trinajstić information content (AvgIpc) is 2.17. The maximum Gasteiger partial charge on any atom is 0.212 e. The van der Waals surface area contributed by atoms with Crippen molar-refractivity contribution in [3.05, 3.63) is 23.9 Å². The fraction of sp³-hybridized carbons (Fsp3) is 0.375. The normalized spacial score (nSPS) is 12.6. The van der Waals surface area contributed by atoms with E-state index < -0.39 is 0 Å². The van der Waals surface area contributed by atoms with E-state index in [-0.39, 0.29) is 12.6 Å². The highest BCUT2D eigenvalue weighted by Crippen LogP contribution is 2.11. The minimum absolute atomic E-state index is 0.0754. The van der Waals surface area contributed by atoms with Crippen LogP contribution in [0.2, 0.25) is 0 Å². The number of aromatic nitrogens is 1. The van der Waals surface area contributed by atoms with Gasteiger partial charge in [0.2, 0.25) is 5.88 Å². The Morgan fingerprint density at radius 1 is 1.67 bits per heavy atom. The van der Waals surface area contributed by atoms with Crippen LogP contribution < -0.4 is 10.5 Å². The van der Waals surface area contributed by atoms with Crippen molar-refractivity contribution < 1.29 is 9.84 Å². The molecule has 1 aromatic rings. The summed E-state index contributed by atoms with van der Waals surface area (Å²) < 4.78 is 4.87. The predicted octanol–water partition coefficient (Wildman–Crippen LogP) is 0.0823. The molecule has 3 N–H and O–H groups in total. The second-order valence-corrected chi connectivity index (χ2v) is 2.42. The zero-order valence-electron chi connectivity index (χ0n) is 6.90. The second kappa shape index (κ2) is 4.04. The standard InChI is InChI=1S/C8H12N2O2/c1-12-8-3-2-6(4-10-8)7(9)5-11/h2-4,7,11H,5,9H2,1H3/t7-/m0/s1. The number of ether oxygens (including phenoxy) is 1. The summed E-state index contributed by atoms with van der Waals surface area (Å²) in [5.41, 5.74) is 6.36. The molecule has 0 saturated heterocycles. The number of nitrogens with zero attached hydrogens (tertiary/aromatic N) is 1. The van der Waals surface area contributed by atoms with E-state index in [1.807, 2.05) is 0 Å². The Morgan fingerprint density at radius 2 is 2.42 bits per heavy atom. The van der Waals surface area contributed by atoms with Crippen LogP contribution in [0.3, 0.4) is 0 Å². The molecule has 1 aromatic heterocycles. The molecule has 66 valence electrons. The molecule has 0 unspecified atom stereocenters. The Morgan fingerprint density at radius 3 is 2.83 bits per heavy atom. The van der Waals surface area contributed by atoms with Crippen molar-refractivity contribution in [1.29, 1.82) is 0 Å². The van der Waals surface area contributed by atoms with Gasteiger partial charge in [-0.05, 0) is 5.56 Å². The van der Waals surface area contributed by atoms with E-state index in [0.29, 0.717) is 5.88 Å². The van der Waals surface area contributed by atoms with Gasteiger partial charge in [-0.15, -0.1) is 0 Å². The van der Waals surface area contributed by atoms with Crippen LogP contribution in [-0.4, -0.2) is 23.8 Å². The monoisotopic (exact) mass is 168 g/mol. The molecule has 0 radical (unpaired) electrons. The summed E-state index contributed by atoms with van der Waals surface area (Å²) in [5.74, 6) is 0.545. The summed E-state index contributed by atoms with van der Waals surface area (Å²) in [4.78, 5) is 3.95. The van der Waals surface area contributed by atoms with E-state index >= 15 is 0 Å². The van der Waals surface area contributed by atoms with Gasteiger partial charge >= 0.3 is 0 Å². The lowest BCUT2D eigenvalue weighted by molar-refractivity contribution is 0.267. The summed E-state index contributed by atoms with van der Waals surface area (Å²) in [6.45, 7) is -0.0754. The van der Waals surface area contributed by atoms with Gasteiger partial charge in [-0.25, -0.2) is 4.98 Å². The first-order valence-electron chi connectivity index (χ1n) is 3.64. The SMILES string of the molecule is COc1ccc([C@@H](N)CO)cn1. The maximum absolute atomic E-state index is 8.73.